The molecule has 23 heavy (non-hydrogen) atoms. The molecule has 0 saturated carbocycles. The fourth-order valence-electron chi connectivity index (χ4n) is 3.12. The third kappa shape index (κ3) is 4.55. The Hall–Kier alpha value is -1.88. The average Bonchev–Trinajstić information content (AvgIpc) is 2.54. The number of carboxylic acid groups (broad SMARTS) is 1. The van der Waals surface area contributed by atoms with E-state index in [4.69, 9.17) is 0 Å². The second-order valence-corrected chi connectivity index (χ2v) is 6.55. The van der Waals surface area contributed by atoms with Crippen LogP contribution in [0.4, 0.5) is 5.69 Å². The van der Waals surface area contributed by atoms with Crippen molar-refractivity contribution < 1.29 is 14.7 Å². The lowest BCUT2D eigenvalue weighted by Gasteiger charge is -2.37. The number of likely N-dealkylation sites (tertiary alicyclic amines) is 1. The summed E-state index contributed by atoms with van der Waals surface area (Å²) in [6.45, 7) is 7.16. The van der Waals surface area contributed by atoms with Crippen molar-refractivity contribution in [2.24, 2.45) is 11.8 Å². The summed E-state index contributed by atoms with van der Waals surface area (Å²) in [6.07, 6.45) is 1.64. The number of carbonyl (C=O) groups is 2. The first-order valence-corrected chi connectivity index (χ1v) is 8.27. The number of hydrogen-bond donors (Lipinski definition) is 2. The molecule has 2 rings (SSSR count). The molecule has 1 aliphatic heterocycles. The van der Waals surface area contributed by atoms with Crippen LogP contribution < -0.4 is 5.32 Å². The Morgan fingerprint density at radius 3 is 2.52 bits per heavy atom. The van der Waals surface area contributed by atoms with Gasteiger partial charge in [-0.05, 0) is 43.4 Å². The first-order valence-electron chi connectivity index (χ1n) is 8.27. The van der Waals surface area contributed by atoms with Crippen LogP contribution in [0.15, 0.2) is 24.3 Å². The lowest BCUT2D eigenvalue weighted by Crippen LogP contribution is -2.50. The van der Waals surface area contributed by atoms with Gasteiger partial charge < -0.3 is 10.4 Å². The Balaban J connectivity index is 1.98. The maximum absolute atomic E-state index is 12.4. The van der Waals surface area contributed by atoms with E-state index in [1.54, 1.807) is 0 Å². The molecule has 0 radical (unpaired) electrons. The van der Waals surface area contributed by atoms with Crippen molar-refractivity contribution >= 4 is 17.6 Å². The zero-order valence-corrected chi connectivity index (χ0v) is 14.1. The van der Waals surface area contributed by atoms with Crippen LogP contribution in [0.1, 0.15) is 32.8 Å². The van der Waals surface area contributed by atoms with Crippen molar-refractivity contribution in [1.82, 2.24) is 4.90 Å². The summed E-state index contributed by atoms with van der Waals surface area (Å²) in [5, 5.41) is 12.2. The molecule has 5 nitrogen and oxygen atoms in total. The van der Waals surface area contributed by atoms with Crippen LogP contribution in [0.5, 0.6) is 0 Å². The molecule has 2 N–H and O–H groups in total. The van der Waals surface area contributed by atoms with E-state index in [-0.39, 0.29) is 17.9 Å². The number of aryl methyl sites for hydroxylation is 1. The molecule has 3 atom stereocenters. The average molecular weight is 318 g/mol. The molecule has 1 amide bonds. The number of carboxylic acids is 1. The standard InChI is InChI=1S/C18H26N2O3/c1-4-14-5-7-16(8-6-14)19-17(21)13(3)20-10-12(2)9-15(11-20)18(22)23/h5-8,12-13,15H,4,9-11H2,1-3H3,(H,19,21)(H,22,23). The van der Waals surface area contributed by atoms with Crippen molar-refractivity contribution in [3.8, 4) is 0 Å². The van der Waals surface area contributed by atoms with E-state index in [1.165, 1.54) is 5.56 Å². The van der Waals surface area contributed by atoms with Crippen LogP contribution in [-0.2, 0) is 16.0 Å². The molecule has 1 fully saturated rings. The lowest BCUT2D eigenvalue weighted by molar-refractivity contribution is -0.145. The smallest absolute Gasteiger partial charge is 0.307 e. The van der Waals surface area contributed by atoms with Crippen LogP contribution in [0.2, 0.25) is 0 Å². The Bertz CT molecular complexity index is 556. The second-order valence-electron chi connectivity index (χ2n) is 6.55. The third-order valence-corrected chi connectivity index (χ3v) is 4.59. The molecule has 1 saturated heterocycles. The van der Waals surface area contributed by atoms with Gasteiger partial charge in [0.05, 0.1) is 12.0 Å². The van der Waals surface area contributed by atoms with E-state index < -0.39 is 11.9 Å². The number of nitrogens with zero attached hydrogens (tertiary/aromatic N) is 1. The van der Waals surface area contributed by atoms with E-state index in [0.717, 1.165) is 18.7 Å². The Morgan fingerprint density at radius 2 is 1.96 bits per heavy atom. The fourth-order valence-corrected chi connectivity index (χ4v) is 3.12. The van der Waals surface area contributed by atoms with Gasteiger partial charge in [0.15, 0.2) is 0 Å². The number of benzene rings is 1. The van der Waals surface area contributed by atoms with Gasteiger partial charge in [-0.3, -0.25) is 14.5 Å². The molecule has 1 heterocycles. The van der Waals surface area contributed by atoms with Gasteiger partial charge in [0.1, 0.15) is 0 Å². The predicted molar refractivity (Wildman–Crippen MR) is 90.4 cm³/mol. The first-order chi connectivity index (χ1) is 10.9. The number of nitrogens with one attached hydrogen (secondary N) is 1. The molecular weight excluding hydrogens is 292 g/mol. The van der Waals surface area contributed by atoms with E-state index in [1.807, 2.05) is 43.0 Å². The second kappa shape index (κ2) is 7.59. The minimum absolute atomic E-state index is 0.0903. The molecule has 0 aliphatic carbocycles. The zero-order chi connectivity index (χ0) is 17.0. The maximum atomic E-state index is 12.4. The molecule has 0 spiro atoms. The molecular formula is C18H26N2O3. The van der Waals surface area contributed by atoms with Crippen molar-refractivity contribution in [3.05, 3.63) is 29.8 Å². The normalized spacial score (nSPS) is 23.3. The summed E-state index contributed by atoms with van der Waals surface area (Å²) in [5.41, 5.74) is 2.00. The summed E-state index contributed by atoms with van der Waals surface area (Å²) < 4.78 is 0. The molecule has 5 heteroatoms. The number of carbonyl (C=O) groups excluding carboxylic acids is 1. The van der Waals surface area contributed by atoms with Gasteiger partial charge in [0.2, 0.25) is 5.91 Å². The third-order valence-electron chi connectivity index (χ3n) is 4.59. The van der Waals surface area contributed by atoms with Gasteiger partial charge in [-0.25, -0.2) is 0 Å². The zero-order valence-electron chi connectivity index (χ0n) is 14.1. The van der Waals surface area contributed by atoms with Crippen molar-refractivity contribution in [2.75, 3.05) is 18.4 Å². The lowest BCUT2D eigenvalue weighted by atomic mass is 9.89. The minimum atomic E-state index is -0.774. The quantitative estimate of drug-likeness (QED) is 0.875. The summed E-state index contributed by atoms with van der Waals surface area (Å²) >= 11 is 0. The maximum Gasteiger partial charge on any atom is 0.307 e. The highest BCUT2D eigenvalue weighted by Crippen LogP contribution is 2.24. The van der Waals surface area contributed by atoms with Gasteiger partial charge >= 0.3 is 5.97 Å². The Kier molecular flexibility index (Phi) is 5.77. The number of piperidine rings is 1. The van der Waals surface area contributed by atoms with Crippen molar-refractivity contribution in [3.63, 3.8) is 0 Å². The van der Waals surface area contributed by atoms with Crippen LogP contribution in [0, 0.1) is 11.8 Å². The van der Waals surface area contributed by atoms with Gasteiger partial charge in [0, 0.05) is 18.8 Å². The van der Waals surface area contributed by atoms with E-state index in [2.05, 4.69) is 12.2 Å². The highest BCUT2D eigenvalue weighted by atomic mass is 16.4. The minimum Gasteiger partial charge on any atom is -0.481 e. The Morgan fingerprint density at radius 1 is 1.30 bits per heavy atom. The monoisotopic (exact) mass is 318 g/mol. The van der Waals surface area contributed by atoms with Gasteiger partial charge in [-0.1, -0.05) is 26.0 Å². The van der Waals surface area contributed by atoms with Crippen LogP contribution in [0.3, 0.4) is 0 Å². The van der Waals surface area contributed by atoms with Gasteiger partial charge in [0.25, 0.3) is 0 Å². The molecule has 1 aromatic carbocycles. The summed E-state index contributed by atoms with van der Waals surface area (Å²) in [6, 6.07) is 7.48. The largest absolute Gasteiger partial charge is 0.481 e. The van der Waals surface area contributed by atoms with E-state index in [0.29, 0.717) is 13.0 Å². The number of aliphatic carboxylic acids is 1. The number of amides is 1. The molecule has 1 aromatic rings. The summed E-state index contributed by atoms with van der Waals surface area (Å²) in [7, 11) is 0. The molecule has 0 bridgehead atoms. The van der Waals surface area contributed by atoms with Crippen molar-refractivity contribution in [2.45, 2.75) is 39.7 Å². The number of hydrogen-bond acceptors (Lipinski definition) is 3. The highest BCUT2D eigenvalue weighted by Gasteiger charge is 2.33. The van der Waals surface area contributed by atoms with Crippen molar-refractivity contribution in [1.29, 1.82) is 0 Å². The molecule has 126 valence electrons. The fraction of sp³-hybridized carbons (Fsp3) is 0.556. The first kappa shape index (κ1) is 17.5. The number of anilines is 1. The topological polar surface area (TPSA) is 69.6 Å². The van der Waals surface area contributed by atoms with Crippen LogP contribution >= 0.6 is 0 Å². The molecule has 0 aromatic heterocycles. The molecule has 3 unspecified atom stereocenters. The van der Waals surface area contributed by atoms with Crippen LogP contribution in [-0.4, -0.2) is 41.0 Å². The van der Waals surface area contributed by atoms with E-state index >= 15 is 0 Å². The van der Waals surface area contributed by atoms with Gasteiger partial charge in [-0.15, -0.1) is 0 Å². The Labute approximate surface area is 137 Å². The van der Waals surface area contributed by atoms with Crippen LogP contribution in [0.25, 0.3) is 0 Å². The summed E-state index contributed by atoms with van der Waals surface area (Å²) in [4.78, 5) is 25.7. The summed E-state index contributed by atoms with van der Waals surface area (Å²) in [5.74, 6) is -0.974. The number of rotatable bonds is 5. The van der Waals surface area contributed by atoms with E-state index in [9.17, 15) is 14.7 Å². The molecule has 1 aliphatic rings. The predicted octanol–water partition coefficient (Wildman–Crippen LogP) is 2.62. The SMILES string of the molecule is CCc1ccc(NC(=O)C(C)N2CC(C)CC(C(=O)O)C2)cc1. The van der Waals surface area contributed by atoms with Gasteiger partial charge in [-0.2, -0.15) is 0 Å². The highest BCUT2D eigenvalue weighted by molar-refractivity contribution is 5.94.